The molecule has 1 aromatic rings. The highest BCUT2D eigenvalue weighted by atomic mass is 16.4. The Morgan fingerprint density at radius 1 is 1.12 bits per heavy atom. The number of carboxylic acids is 1. The van der Waals surface area contributed by atoms with Gasteiger partial charge < -0.3 is 5.11 Å². The third-order valence-electron chi connectivity index (χ3n) is 5.32. The first-order valence-corrected chi connectivity index (χ1v) is 9.68. The largest absolute Gasteiger partial charge is 0.478 e. The van der Waals surface area contributed by atoms with Crippen LogP contribution in [0.4, 0.5) is 0 Å². The van der Waals surface area contributed by atoms with Crippen LogP contribution in [0.25, 0.3) is 0 Å². The molecule has 2 nitrogen and oxygen atoms in total. The van der Waals surface area contributed by atoms with Crippen molar-refractivity contribution in [3.05, 3.63) is 47.5 Å². The van der Waals surface area contributed by atoms with Gasteiger partial charge in [0.1, 0.15) is 0 Å². The van der Waals surface area contributed by atoms with Crippen molar-refractivity contribution in [2.24, 2.45) is 11.8 Å². The van der Waals surface area contributed by atoms with Crippen molar-refractivity contribution in [3.63, 3.8) is 0 Å². The van der Waals surface area contributed by atoms with Crippen molar-refractivity contribution in [1.82, 2.24) is 0 Å². The first kappa shape index (κ1) is 18.8. The number of unbranched alkanes of at least 4 members (excludes halogenated alkanes) is 2. The van der Waals surface area contributed by atoms with Gasteiger partial charge in [-0.3, -0.25) is 0 Å². The van der Waals surface area contributed by atoms with Crippen LogP contribution in [-0.4, -0.2) is 11.1 Å². The topological polar surface area (TPSA) is 37.3 Å². The molecule has 0 bridgehead atoms. The minimum Gasteiger partial charge on any atom is -0.478 e. The Hall–Kier alpha value is -1.57. The Kier molecular flexibility index (Phi) is 8.07. The molecule has 0 aliphatic heterocycles. The minimum absolute atomic E-state index is 0.366. The SMILES string of the molecule is CCCCC[C@H]1CC[C@H](C=CCCc2ccc(C(=O)O)cc2)CC1. The minimum atomic E-state index is -0.855. The van der Waals surface area contributed by atoms with E-state index < -0.39 is 5.97 Å². The zero-order valence-electron chi connectivity index (χ0n) is 15.0. The number of benzene rings is 1. The molecule has 1 fully saturated rings. The number of hydrogen-bond acceptors (Lipinski definition) is 1. The van der Waals surface area contributed by atoms with E-state index in [0.29, 0.717) is 5.56 Å². The highest BCUT2D eigenvalue weighted by Gasteiger charge is 2.18. The van der Waals surface area contributed by atoms with E-state index in [0.717, 1.165) is 24.7 Å². The number of carbonyl (C=O) groups is 1. The van der Waals surface area contributed by atoms with Crippen LogP contribution in [0.15, 0.2) is 36.4 Å². The summed E-state index contributed by atoms with van der Waals surface area (Å²) in [6, 6.07) is 7.25. The molecule has 0 radical (unpaired) electrons. The Labute approximate surface area is 147 Å². The van der Waals surface area contributed by atoms with Crippen molar-refractivity contribution in [1.29, 1.82) is 0 Å². The van der Waals surface area contributed by atoms with E-state index >= 15 is 0 Å². The summed E-state index contributed by atoms with van der Waals surface area (Å²) < 4.78 is 0. The predicted molar refractivity (Wildman–Crippen MR) is 100 cm³/mol. The van der Waals surface area contributed by atoms with E-state index in [2.05, 4.69) is 19.1 Å². The van der Waals surface area contributed by atoms with Gasteiger partial charge in [0.15, 0.2) is 0 Å². The highest BCUT2D eigenvalue weighted by Crippen LogP contribution is 2.32. The Bertz CT molecular complexity index is 507. The molecule has 1 aliphatic carbocycles. The summed E-state index contributed by atoms with van der Waals surface area (Å²) in [5.74, 6) is 0.905. The fraction of sp³-hybridized carbons (Fsp3) is 0.591. The molecule has 0 saturated heterocycles. The molecule has 0 unspecified atom stereocenters. The molecule has 1 aliphatic rings. The average molecular weight is 328 g/mol. The summed E-state index contributed by atoms with van der Waals surface area (Å²) in [5.41, 5.74) is 1.58. The van der Waals surface area contributed by atoms with Crippen LogP contribution >= 0.6 is 0 Å². The summed E-state index contributed by atoms with van der Waals surface area (Å²) >= 11 is 0. The van der Waals surface area contributed by atoms with Gasteiger partial charge in [-0.05, 0) is 68.1 Å². The van der Waals surface area contributed by atoms with Crippen molar-refractivity contribution < 1.29 is 9.90 Å². The fourth-order valence-electron chi connectivity index (χ4n) is 3.71. The average Bonchev–Trinajstić information content (AvgIpc) is 2.60. The second-order valence-corrected chi connectivity index (χ2v) is 7.25. The molecule has 1 N–H and O–H groups in total. The summed E-state index contributed by atoms with van der Waals surface area (Å²) in [6.45, 7) is 2.28. The fourth-order valence-corrected chi connectivity index (χ4v) is 3.71. The van der Waals surface area contributed by atoms with Crippen LogP contribution in [0.2, 0.25) is 0 Å². The molecule has 0 aromatic heterocycles. The van der Waals surface area contributed by atoms with E-state index in [-0.39, 0.29) is 0 Å². The van der Waals surface area contributed by atoms with Gasteiger partial charge in [0.25, 0.3) is 0 Å². The van der Waals surface area contributed by atoms with E-state index in [4.69, 9.17) is 5.11 Å². The zero-order valence-corrected chi connectivity index (χ0v) is 15.0. The molecular weight excluding hydrogens is 296 g/mol. The van der Waals surface area contributed by atoms with Crippen molar-refractivity contribution >= 4 is 5.97 Å². The standard InChI is InChI=1S/C22H32O2/c1-2-3-4-7-18-10-12-19(13-11-18)8-5-6-9-20-14-16-21(17-15-20)22(23)24/h5,8,14-19H,2-4,6-7,9-13H2,1H3,(H,23,24)/t18-,19-. The molecule has 0 spiro atoms. The summed E-state index contributed by atoms with van der Waals surface area (Å²) in [4.78, 5) is 10.8. The maximum absolute atomic E-state index is 10.8. The van der Waals surface area contributed by atoms with Crippen molar-refractivity contribution in [2.75, 3.05) is 0 Å². The molecule has 2 heteroatoms. The molecule has 132 valence electrons. The number of aryl methyl sites for hydroxylation is 1. The third-order valence-corrected chi connectivity index (χ3v) is 5.32. The molecule has 2 rings (SSSR count). The quantitative estimate of drug-likeness (QED) is 0.429. The maximum Gasteiger partial charge on any atom is 0.335 e. The van der Waals surface area contributed by atoms with Crippen LogP contribution < -0.4 is 0 Å². The van der Waals surface area contributed by atoms with Crippen LogP contribution in [0.1, 0.15) is 80.6 Å². The lowest BCUT2D eigenvalue weighted by Crippen LogP contribution is -2.13. The third kappa shape index (κ3) is 6.51. The van der Waals surface area contributed by atoms with Gasteiger partial charge in [-0.25, -0.2) is 4.79 Å². The van der Waals surface area contributed by atoms with E-state index in [9.17, 15) is 4.79 Å². The van der Waals surface area contributed by atoms with E-state index in [1.165, 1.54) is 56.9 Å². The summed E-state index contributed by atoms with van der Waals surface area (Å²) in [7, 11) is 0. The highest BCUT2D eigenvalue weighted by molar-refractivity contribution is 5.87. The number of allylic oxidation sites excluding steroid dienone is 2. The normalized spacial score (nSPS) is 21.2. The monoisotopic (exact) mass is 328 g/mol. The van der Waals surface area contributed by atoms with Gasteiger partial charge in [-0.1, -0.05) is 56.9 Å². The Morgan fingerprint density at radius 3 is 2.46 bits per heavy atom. The lowest BCUT2D eigenvalue weighted by Gasteiger charge is -2.26. The Balaban J connectivity index is 1.63. The number of rotatable bonds is 9. The number of carboxylic acid groups (broad SMARTS) is 1. The van der Waals surface area contributed by atoms with E-state index in [1.807, 2.05) is 12.1 Å². The molecule has 24 heavy (non-hydrogen) atoms. The van der Waals surface area contributed by atoms with Gasteiger partial charge in [-0.15, -0.1) is 0 Å². The molecule has 0 amide bonds. The van der Waals surface area contributed by atoms with Crippen LogP contribution in [0.5, 0.6) is 0 Å². The number of hydrogen-bond donors (Lipinski definition) is 1. The second kappa shape index (κ2) is 10.3. The maximum atomic E-state index is 10.8. The molecular formula is C22H32O2. The molecule has 0 atom stereocenters. The van der Waals surface area contributed by atoms with Crippen LogP contribution in [0, 0.1) is 11.8 Å². The van der Waals surface area contributed by atoms with Crippen molar-refractivity contribution in [3.8, 4) is 0 Å². The van der Waals surface area contributed by atoms with Gasteiger partial charge in [0.05, 0.1) is 5.56 Å². The van der Waals surface area contributed by atoms with Gasteiger partial charge >= 0.3 is 5.97 Å². The predicted octanol–water partition coefficient (Wildman–Crippen LogP) is 6.26. The first-order chi connectivity index (χ1) is 11.7. The van der Waals surface area contributed by atoms with Gasteiger partial charge in [0, 0.05) is 0 Å². The van der Waals surface area contributed by atoms with Crippen LogP contribution in [-0.2, 0) is 6.42 Å². The second-order valence-electron chi connectivity index (χ2n) is 7.25. The lowest BCUT2D eigenvalue weighted by atomic mass is 9.79. The molecule has 1 aromatic carbocycles. The summed E-state index contributed by atoms with van der Waals surface area (Å²) in [6.07, 6.45) is 17.9. The molecule has 0 heterocycles. The zero-order chi connectivity index (χ0) is 17.2. The summed E-state index contributed by atoms with van der Waals surface area (Å²) in [5, 5.41) is 8.90. The first-order valence-electron chi connectivity index (χ1n) is 9.68. The number of aromatic carboxylic acids is 1. The van der Waals surface area contributed by atoms with E-state index in [1.54, 1.807) is 12.1 Å². The van der Waals surface area contributed by atoms with Gasteiger partial charge in [0.2, 0.25) is 0 Å². The smallest absolute Gasteiger partial charge is 0.335 e. The molecule has 1 saturated carbocycles. The lowest BCUT2D eigenvalue weighted by molar-refractivity contribution is 0.0697. The van der Waals surface area contributed by atoms with Crippen LogP contribution in [0.3, 0.4) is 0 Å². The Morgan fingerprint density at radius 2 is 1.83 bits per heavy atom. The van der Waals surface area contributed by atoms with Crippen molar-refractivity contribution in [2.45, 2.75) is 71.1 Å². The van der Waals surface area contributed by atoms with Gasteiger partial charge in [-0.2, -0.15) is 0 Å².